The topological polar surface area (TPSA) is 91.6 Å². The van der Waals surface area contributed by atoms with E-state index in [1.165, 1.54) is 0 Å². The molecular weight excluding hydrogens is 258 g/mol. The van der Waals surface area contributed by atoms with Crippen molar-refractivity contribution in [3.8, 4) is 0 Å². The van der Waals surface area contributed by atoms with Gasteiger partial charge in [-0.25, -0.2) is 4.98 Å². The van der Waals surface area contributed by atoms with Gasteiger partial charge in [-0.1, -0.05) is 0 Å². The minimum atomic E-state index is -0.547. The number of amides is 2. The van der Waals surface area contributed by atoms with Gasteiger partial charge in [0.1, 0.15) is 5.82 Å². The zero-order chi connectivity index (χ0) is 14.5. The van der Waals surface area contributed by atoms with Crippen LogP contribution >= 0.6 is 0 Å². The monoisotopic (exact) mass is 277 g/mol. The van der Waals surface area contributed by atoms with E-state index in [1.807, 2.05) is 0 Å². The summed E-state index contributed by atoms with van der Waals surface area (Å²) in [5.74, 6) is -0.0897. The van der Waals surface area contributed by atoms with Crippen LogP contribution in [-0.2, 0) is 4.79 Å². The molecule has 0 unspecified atom stereocenters. The summed E-state index contributed by atoms with van der Waals surface area (Å²) >= 11 is 0. The summed E-state index contributed by atoms with van der Waals surface area (Å²) in [4.78, 5) is 31.1. The average molecular weight is 277 g/mol. The Morgan fingerprint density at radius 1 is 1.45 bits per heavy atom. The third-order valence-corrected chi connectivity index (χ3v) is 3.26. The first-order valence-electron chi connectivity index (χ1n) is 6.54. The Balaban J connectivity index is 2.06. The normalized spacial score (nSPS) is 14.9. The van der Waals surface area contributed by atoms with Crippen molar-refractivity contribution >= 4 is 17.6 Å². The molecule has 2 rings (SSSR count). The molecule has 1 aromatic rings. The molecule has 7 heteroatoms. The van der Waals surface area contributed by atoms with Crippen molar-refractivity contribution in [2.45, 2.75) is 0 Å². The number of nitrogens with zero attached hydrogens (tertiary/aromatic N) is 3. The number of primary amides is 1. The maximum atomic E-state index is 12.2. The van der Waals surface area contributed by atoms with Crippen LogP contribution in [0.2, 0.25) is 0 Å². The number of anilines is 1. The second kappa shape index (κ2) is 6.33. The highest BCUT2D eigenvalue weighted by molar-refractivity contribution is 5.98. The number of hydrogen-bond acceptors (Lipinski definition) is 5. The van der Waals surface area contributed by atoms with Gasteiger partial charge in [0.2, 0.25) is 5.91 Å². The summed E-state index contributed by atoms with van der Waals surface area (Å²) < 4.78 is 0. The minimum absolute atomic E-state index is 0.0232. The molecule has 1 aliphatic heterocycles. The standard InChI is InChI=1S/C13H19N5O2/c1-17(9-11(19)18-7-5-15-6-8-18)13-10(12(14)20)3-2-4-16-13/h2-4,15H,5-9H2,1H3,(H2,14,20). The maximum absolute atomic E-state index is 12.2. The lowest BCUT2D eigenvalue weighted by Crippen LogP contribution is -2.49. The molecule has 3 N–H and O–H groups in total. The molecule has 0 spiro atoms. The number of piperazine rings is 1. The van der Waals surface area contributed by atoms with Gasteiger partial charge < -0.3 is 20.9 Å². The summed E-state index contributed by atoms with van der Waals surface area (Å²) in [6, 6.07) is 3.26. The van der Waals surface area contributed by atoms with Crippen molar-refractivity contribution in [3.63, 3.8) is 0 Å². The molecule has 1 fully saturated rings. The van der Waals surface area contributed by atoms with Gasteiger partial charge in [0.15, 0.2) is 0 Å². The number of nitrogens with one attached hydrogen (secondary N) is 1. The van der Waals surface area contributed by atoms with Crippen LogP contribution in [0.1, 0.15) is 10.4 Å². The van der Waals surface area contributed by atoms with E-state index in [1.54, 1.807) is 35.2 Å². The lowest BCUT2D eigenvalue weighted by molar-refractivity contribution is -0.130. The smallest absolute Gasteiger partial charge is 0.252 e. The third kappa shape index (κ3) is 3.24. The second-order valence-corrected chi connectivity index (χ2v) is 4.73. The minimum Gasteiger partial charge on any atom is -0.365 e. The maximum Gasteiger partial charge on any atom is 0.252 e. The van der Waals surface area contributed by atoms with Gasteiger partial charge in [0, 0.05) is 39.4 Å². The first-order chi connectivity index (χ1) is 9.59. The molecule has 7 nitrogen and oxygen atoms in total. The van der Waals surface area contributed by atoms with E-state index in [9.17, 15) is 9.59 Å². The molecule has 0 bridgehead atoms. The van der Waals surface area contributed by atoms with Crippen molar-refractivity contribution in [3.05, 3.63) is 23.9 Å². The number of nitrogens with two attached hydrogens (primary N) is 1. The van der Waals surface area contributed by atoms with Crippen LogP contribution < -0.4 is 16.0 Å². The summed E-state index contributed by atoms with van der Waals surface area (Å²) in [6.07, 6.45) is 1.58. The van der Waals surface area contributed by atoms with E-state index in [0.717, 1.165) is 13.1 Å². The van der Waals surface area contributed by atoms with Crippen LogP contribution in [-0.4, -0.2) is 61.5 Å². The van der Waals surface area contributed by atoms with Gasteiger partial charge in [0.05, 0.1) is 12.1 Å². The fourth-order valence-electron chi connectivity index (χ4n) is 2.19. The van der Waals surface area contributed by atoms with Crippen molar-refractivity contribution in [1.82, 2.24) is 15.2 Å². The number of likely N-dealkylation sites (N-methyl/N-ethyl adjacent to an activating group) is 1. The van der Waals surface area contributed by atoms with Crippen LogP contribution in [0.3, 0.4) is 0 Å². The molecule has 1 aromatic heterocycles. The lowest BCUT2D eigenvalue weighted by Gasteiger charge is -2.29. The van der Waals surface area contributed by atoms with Crippen LogP contribution in [0.15, 0.2) is 18.3 Å². The van der Waals surface area contributed by atoms with E-state index in [4.69, 9.17) is 5.73 Å². The highest BCUT2D eigenvalue weighted by atomic mass is 16.2. The quantitative estimate of drug-likeness (QED) is 0.740. The van der Waals surface area contributed by atoms with Gasteiger partial charge in [-0.2, -0.15) is 0 Å². The molecular formula is C13H19N5O2. The number of rotatable bonds is 4. The van der Waals surface area contributed by atoms with Crippen molar-refractivity contribution in [2.24, 2.45) is 5.73 Å². The van der Waals surface area contributed by atoms with Crippen LogP contribution in [0.5, 0.6) is 0 Å². The third-order valence-electron chi connectivity index (χ3n) is 3.26. The molecule has 1 saturated heterocycles. The Morgan fingerprint density at radius 3 is 2.80 bits per heavy atom. The van der Waals surface area contributed by atoms with E-state index in [2.05, 4.69) is 10.3 Å². The number of carbonyl (C=O) groups excluding carboxylic acids is 2. The first-order valence-corrected chi connectivity index (χ1v) is 6.54. The first kappa shape index (κ1) is 14.3. The molecule has 2 amide bonds. The molecule has 0 aliphatic carbocycles. The Morgan fingerprint density at radius 2 is 2.15 bits per heavy atom. The van der Waals surface area contributed by atoms with Gasteiger partial charge in [-0.05, 0) is 12.1 Å². The largest absolute Gasteiger partial charge is 0.365 e. The van der Waals surface area contributed by atoms with E-state index in [0.29, 0.717) is 24.5 Å². The zero-order valence-electron chi connectivity index (χ0n) is 11.5. The Labute approximate surface area is 117 Å². The molecule has 0 radical (unpaired) electrons. The van der Waals surface area contributed by atoms with Crippen molar-refractivity contribution < 1.29 is 9.59 Å². The SMILES string of the molecule is CN(CC(=O)N1CCNCC1)c1ncccc1C(N)=O. The molecule has 2 heterocycles. The number of aromatic nitrogens is 1. The van der Waals surface area contributed by atoms with E-state index in [-0.39, 0.29) is 12.5 Å². The van der Waals surface area contributed by atoms with Crippen LogP contribution in [0.25, 0.3) is 0 Å². The number of hydrogen-bond donors (Lipinski definition) is 2. The Bertz CT molecular complexity index is 499. The van der Waals surface area contributed by atoms with E-state index >= 15 is 0 Å². The molecule has 0 atom stereocenters. The van der Waals surface area contributed by atoms with Gasteiger partial charge >= 0.3 is 0 Å². The average Bonchev–Trinajstić information content (AvgIpc) is 2.48. The number of pyridine rings is 1. The summed E-state index contributed by atoms with van der Waals surface area (Å²) in [7, 11) is 1.73. The van der Waals surface area contributed by atoms with Gasteiger partial charge in [0.25, 0.3) is 5.91 Å². The van der Waals surface area contributed by atoms with Crippen LogP contribution in [0.4, 0.5) is 5.82 Å². The molecule has 0 saturated carbocycles. The van der Waals surface area contributed by atoms with Gasteiger partial charge in [-0.15, -0.1) is 0 Å². The van der Waals surface area contributed by atoms with Crippen molar-refractivity contribution in [2.75, 3.05) is 44.7 Å². The molecule has 0 aromatic carbocycles. The predicted octanol–water partition coefficient (Wildman–Crippen LogP) is -0.951. The Kier molecular flexibility index (Phi) is 4.52. The molecule has 1 aliphatic rings. The highest BCUT2D eigenvalue weighted by Gasteiger charge is 2.20. The summed E-state index contributed by atoms with van der Waals surface area (Å²) in [5, 5.41) is 3.20. The van der Waals surface area contributed by atoms with E-state index < -0.39 is 5.91 Å². The summed E-state index contributed by atoms with van der Waals surface area (Å²) in [6.45, 7) is 3.21. The highest BCUT2D eigenvalue weighted by Crippen LogP contribution is 2.15. The van der Waals surface area contributed by atoms with Crippen molar-refractivity contribution in [1.29, 1.82) is 0 Å². The fraction of sp³-hybridized carbons (Fsp3) is 0.462. The second-order valence-electron chi connectivity index (χ2n) is 4.73. The lowest BCUT2D eigenvalue weighted by atomic mass is 10.2. The fourth-order valence-corrected chi connectivity index (χ4v) is 2.19. The van der Waals surface area contributed by atoms with Crippen LogP contribution in [0, 0.1) is 0 Å². The Hall–Kier alpha value is -2.15. The predicted molar refractivity (Wildman–Crippen MR) is 75.5 cm³/mol. The zero-order valence-corrected chi connectivity index (χ0v) is 11.5. The molecule has 20 heavy (non-hydrogen) atoms. The molecule has 108 valence electrons. The van der Waals surface area contributed by atoms with Gasteiger partial charge in [-0.3, -0.25) is 9.59 Å². The number of carbonyl (C=O) groups is 2. The summed E-state index contributed by atoms with van der Waals surface area (Å²) in [5.41, 5.74) is 5.64.